The molecule has 4 heteroatoms. The first-order valence-corrected chi connectivity index (χ1v) is 7.92. The van der Waals surface area contributed by atoms with E-state index < -0.39 is 0 Å². The second kappa shape index (κ2) is 7.25. The monoisotopic (exact) mass is 267 g/mol. The summed E-state index contributed by atoms with van der Waals surface area (Å²) in [5.74, 6) is 0.340. The van der Waals surface area contributed by atoms with Crippen molar-refractivity contribution in [3.05, 3.63) is 0 Å². The maximum atomic E-state index is 12.5. The first kappa shape index (κ1) is 14.8. The van der Waals surface area contributed by atoms with Gasteiger partial charge in [-0.2, -0.15) is 0 Å². The Hall–Kier alpha value is -0.610. The van der Waals surface area contributed by atoms with Crippen LogP contribution >= 0.6 is 0 Å². The summed E-state index contributed by atoms with van der Waals surface area (Å²) >= 11 is 0. The molecule has 2 fully saturated rings. The molecule has 0 aromatic carbocycles. The first-order valence-electron chi connectivity index (χ1n) is 7.92. The first-order chi connectivity index (χ1) is 9.22. The Bertz CT molecular complexity index is 289. The molecule has 1 amide bonds. The minimum atomic E-state index is 0.340. The third-order valence-corrected chi connectivity index (χ3v) is 4.74. The number of hydrogen-bond donors (Lipinski definition) is 1. The fourth-order valence-electron chi connectivity index (χ4n) is 3.43. The van der Waals surface area contributed by atoms with Crippen molar-refractivity contribution in [2.45, 2.75) is 57.5 Å². The molecule has 2 rings (SSSR count). The van der Waals surface area contributed by atoms with Crippen molar-refractivity contribution < 1.29 is 4.79 Å². The number of likely N-dealkylation sites (tertiary alicyclic amines) is 1. The summed E-state index contributed by atoms with van der Waals surface area (Å²) in [6.07, 6.45) is 7.09. The van der Waals surface area contributed by atoms with Crippen molar-refractivity contribution in [2.75, 3.05) is 33.2 Å². The number of piperidine rings is 2. The van der Waals surface area contributed by atoms with Gasteiger partial charge in [0.15, 0.2) is 0 Å². The van der Waals surface area contributed by atoms with Crippen LogP contribution in [0.4, 0.5) is 0 Å². The molecule has 4 nitrogen and oxygen atoms in total. The van der Waals surface area contributed by atoms with Gasteiger partial charge >= 0.3 is 0 Å². The quantitative estimate of drug-likeness (QED) is 0.837. The zero-order valence-electron chi connectivity index (χ0n) is 12.5. The number of hydrogen-bond acceptors (Lipinski definition) is 3. The molecule has 19 heavy (non-hydrogen) atoms. The maximum absolute atomic E-state index is 12.5. The number of likely N-dealkylation sites (N-methyl/N-ethyl adjacent to an activating group) is 1. The van der Waals surface area contributed by atoms with E-state index in [0.29, 0.717) is 24.5 Å². The third-order valence-electron chi connectivity index (χ3n) is 4.74. The summed E-state index contributed by atoms with van der Waals surface area (Å²) in [5, 5.41) is 3.38. The molecule has 0 radical (unpaired) electrons. The van der Waals surface area contributed by atoms with E-state index in [1.54, 1.807) is 0 Å². The summed E-state index contributed by atoms with van der Waals surface area (Å²) in [7, 11) is 2.11. The van der Waals surface area contributed by atoms with Crippen LogP contribution in [-0.2, 0) is 4.79 Å². The highest BCUT2D eigenvalue weighted by Gasteiger charge is 2.27. The smallest absolute Gasteiger partial charge is 0.236 e. The maximum Gasteiger partial charge on any atom is 0.236 e. The van der Waals surface area contributed by atoms with Crippen molar-refractivity contribution in [3.63, 3.8) is 0 Å². The van der Waals surface area contributed by atoms with E-state index in [1.807, 2.05) is 0 Å². The second-order valence-electron chi connectivity index (χ2n) is 6.04. The molecule has 1 unspecified atom stereocenters. The van der Waals surface area contributed by atoms with Crippen LogP contribution in [0.2, 0.25) is 0 Å². The number of carbonyl (C=O) groups excluding carboxylic acids is 1. The topological polar surface area (TPSA) is 35.6 Å². The standard InChI is InChI=1S/C15H29N3O/c1-3-13-6-4-5-11-18(13)15(19)12-17(2)14-7-9-16-10-8-14/h13-14,16H,3-12H2,1-2H3. The number of nitrogens with zero attached hydrogens (tertiary/aromatic N) is 2. The van der Waals surface area contributed by atoms with E-state index in [9.17, 15) is 4.79 Å². The molecule has 2 aliphatic heterocycles. The predicted molar refractivity (Wildman–Crippen MR) is 78.2 cm³/mol. The summed E-state index contributed by atoms with van der Waals surface area (Å²) in [5.41, 5.74) is 0. The number of carbonyl (C=O) groups is 1. The molecule has 0 saturated carbocycles. The molecule has 2 heterocycles. The molecule has 2 aliphatic rings. The minimum absolute atomic E-state index is 0.340. The average molecular weight is 267 g/mol. The van der Waals surface area contributed by atoms with Gasteiger partial charge < -0.3 is 10.2 Å². The van der Waals surface area contributed by atoms with Crippen LogP contribution in [0, 0.1) is 0 Å². The Kier molecular flexibility index (Phi) is 5.64. The van der Waals surface area contributed by atoms with Crippen LogP contribution in [0.15, 0.2) is 0 Å². The minimum Gasteiger partial charge on any atom is -0.339 e. The normalized spacial score (nSPS) is 25.8. The van der Waals surface area contributed by atoms with Gasteiger partial charge in [-0.05, 0) is 58.7 Å². The SMILES string of the molecule is CCC1CCCCN1C(=O)CN(C)C1CCNCC1. The molecule has 0 spiro atoms. The van der Waals surface area contributed by atoms with E-state index in [2.05, 4.69) is 29.1 Å². The van der Waals surface area contributed by atoms with Crippen molar-refractivity contribution in [3.8, 4) is 0 Å². The molecule has 2 saturated heterocycles. The molecule has 0 aromatic heterocycles. The summed E-state index contributed by atoms with van der Waals surface area (Å²) in [6, 6.07) is 1.07. The van der Waals surface area contributed by atoms with Gasteiger partial charge in [0.1, 0.15) is 0 Å². The van der Waals surface area contributed by atoms with Gasteiger partial charge in [-0.25, -0.2) is 0 Å². The van der Waals surface area contributed by atoms with E-state index in [-0.39, 0.29) is 0 Å². The zero-order chi connectivity index (χ0) is 13.7. The lowest BCUT2D eigenvalue weighted by Gasteiger charge is -2.38. The summed E-state index contributed by atoms with van der Waals surface area (Å²) in [6.45, 7) is 5.94. The van der Waals surface area contributed by atoms with Gasteiger partial charge in [-0.1, -0.05) is 6.92 Å². The number of nitrogens with one attached hydrogen (secondary N) is 1. The van der Waals surface area contributed by atoms with Gasteiger partial charge in [0.25, 0.3) is 0 Å². The molecule has 110 valence electrons. The van der Waals surface area contributed by atoms with Crippen molar-refractivity contribution >= 4 is 5.91 Å². The predicted octanol–water partition coefficient (Wildman–Crippen LogP) is 1.46. The van der Waals surface area contributed by atoms with E-state index in [1.165, 1.54) is 32.1 Å². The largest absolute Gasteiger partial charge is 0.339 e. The van der Waals surface area contributed by atoms with Crippen LogP contribution in [0.25, 0.3) is 0 Å². The second-order valence-corrected chi connectivity index (χ2v) is 6.04. The average Bonchev–Trinajstić information content (AvgIpc) is 2.48. The zero-order valence-corrected chi connectivity index (χ0v) is 12.5. The van der Waals surface area contributed by atoms with Crippen LogP contribution < -0.4 is 5.32 Å². The Morgan fingerprint density at radius 1 is 1.26 bits per heavy atom. The third kappa shape index (κ3) is 3.93. The fraction of sp³-hybridized carbons (Fsp3) is 0.933. The van der Waals surface area contributed by atoms with Gasteiger partial charge in [0, 0.05) is 18.6 Å². The van der Waals surface area contributed by atoms with Crippen LogP contribution in [-0.4, -0.2) is 61.0 Å². The summed E-state index contributed by atoms with van der Waals surface area (Å²) < 4.78 is 0. The Morgan fingerprint density at radius 3 is 2.68 bits per heavy atom. The highest BCUT2D eigenvalue weighted by atomic mass is 16.2. The number of amides is 1. The molecule has 1 N–H and O–H groups in total. The Balaban J connectivity index is 1.84. The Labute approximate surface area is 117 Å². The van der Waals surface area contributed by atoms with Crippen molar-refractivity contribution in [1.29, 1.82) is 0 Å². The van der Waals surface area contributed by atoms with Gasteiger partial charge in [0.05, 0.1) is 6.54 Å². The molecule has 0 bridgehead atoms. The van der Waals surface area contributed by atoms with Gasteiger partial charge in [0.2, 0.25) is 5.91 Å². The molecule has 1 atom stereocenters. The highest BCUT2D eigenvalue weighted by molar-refractivity contribution is 5.78. The van der Waals surface area contributed by atoms with Crippen LogP contribution in [0.3, 0.4) is 0 Å². The van der Waals surface area contributed by atoms with Crippen molar-refractivity contribution in [2.24, 2.45) is 0 Å². The molecule has 0 aliphatic carbocycles. The molecular weight excluding hydrogens is 238 g/mol. The van der Waals surface area contributed by atoms with Gasteiger partial charge in [-0.3, -0.25) is 9.69 Å². The highest BCUT2D eigenvalue weighted by Crippen LogP contribution is 2.20. The van der Waals surface area contributed by atoms with E-state index >= 15 is 0 Å². The lowest BCUT2D eigenvalue weighted by molar-refractivity contribution is -0.136. The van der Waals surface area contributed by atoms with Crippen LogP contribution in [0.5, 0.6) is 0 Å². The molecular formula is C15H29N3O. The Morgan fingerprint density at radius 2 is 2.00 bits per heavy atom. The summed E-state index contributed by atoms with van der Waals surface area (Å²) in [4.78, 5) is 16.9. The lowest BCUT2D eigenvalue weighted by atomic mass is 9.99. The molecule has 0 aromatic rings. The fourth-order valence-corrected chi connectivity index (χ4v) is 3.43. The number of rotatable bonds is 4. The lowest BCUT2D eigenvalue weighted by Crippen LogP contribution is -2.50. The van der Waals surface area contributed by atoms with Crippen LogP contribution in [0.1, 0.15) is 45.4 Å². The van der Waals surface area contributed by atoms with Crippen molar-refractivity contribution in [1.82, 2.24) is 15.1 Å². The van der Waals surface area contributed by atoms with E-state index in [0.717, 1.165) is 26.1 Å². The van der Waals surface area contributed by atoms with Gasteiger partial charge in [-0.15, -0.1) is 0 Å². The van der Waals surface area contributed by atoms with E-state index in [4.69, 9.17) is 0 Å².